The van der Waals surface area contributed by atoms with Crippen molar-refractivity contribution >= 4 is 22.4 Å². The lowest BCUT2D eigenvalue weighted by Crippen LogP contribution is -1.89. The second-order valence-electron chi connectivity index (χ2n) is 5.82. The Morgan fingerprint density at radius 3 is 2.22 bits per heavy atom. The van der Waals surface area contributed by atoms with E-state index >= 15 is 0 Å². The number of halogens is 1. The van der Waals surface area contributed by atoms with Crippen LogP contribution >= 0.6 is 11.6 Å². The van der Waals surface area contributed by atoms with Gasteiger partial charge < -0.3 is 9.47 Å². The molecule has 0 aliphatic heterocycles. The molecule has 0 spiro atoms. The Morgan fingerprint density at radius 2 is 1.52 bits per heavy atom. The first-order chi connectivity index (χ1) is 11.1. The Hall–Kier alpha value is -2.19. The quantitative estimate of drug-likeness (QED) is 0.551. The fraction of sp³-hybridized carbons (Fsp3) is 0.200. The maximum atomic E-state index is 6.23. The molecule has 0 saturated heterocycles. The molecule has 23 heavy (non-hydrogen) atoms. The summed E-state index contributed by atoms with van der Waals surface area (Å²) in [6.45, 7) is 4.40. The molecule has 0 amide bonds. The van der Waals surface area contributed by atoms with E-state index in [0.717, 1.165) is 11.1 Å². The van der Waals surface area contributed by atoms with Gasteiger partial charge in [0.15, 0.2) is 0 Å². The van der Waals surface area contributed by atoms with Crippen LogP contribution in [0.25, 0.3) is 10.8 Å². The van der Waals surface area contributed by atoms with Crippen molar-refractivity contribution in [2.24, 2.45) is 0 Å². The molecule has 0 aliphatic carbocycles. The number of hydrogen-bond acceptors (Lipinski definition) is 2. The van der Waals surface area contributed by atoms with Crippen LogP contribution in [-0.2, 0) is 0 Å². The molecule has 3 rings (SSSR count). The molecule has 0 saturated carbocycles. The predicted octanol–water partition coefficient (Wildman–Crippen LogP) is 6.42. The maximum absolute atomic E-state index is 6.23. The zero-order valence-corrected chi connectivity index (χ0v) is 14.2. The first-order valence-electron chi connectivity index (χ1n) is 7.62. The lowest BCUT2D eigenvalue weighted by Gasteiger charge is -2.11. The molecule has 3 aromatic carbocycles. The number of fused-ring (bicyclic) bond motifs is 1. The van der Waals surface area contributed by atoms with E-state index in [9.17, 15) is 0 Å². The molecular weight excluding hydrogens is 308 g/mol. The minimum Gasteiger partial charge on any atom is -0.497 e. The van der Waals surface area contributed by atoms with Crippen LogP contribution in [0.2, 0.25) is 5.02 Å². The van der Waals surface area contributed by atoms with Gasteiger partial charge in [-0.3, -0.25) is 0 Å². The SMILES string of the molecule is COc1ccc(Oc2ccc3cc(C(C)C)ccc3c2)c(Cl)c1. The van der Waals surface area contributed by atoms with Crippen molar-refractivity contribution in [3.8, 4) is 17.2 Å². The number of rotatable bonds is 4. The van der Waals surface area contributed by atoms with Crippen LogP contribution in [-0.4, -0.2) is 7.11 Å². The van der Waals surface area contributed by atoms with E-state index in [0.29, 0.717) is 22.4 Å². The van der Waals surface area contributed by atoms with E-state index in [2.05, 4.69) is 38.1 Å². The molecule has 0 aromatic heterocycles. The number of benzene rings is 3. The van der Waals surface area contributed by atoms with Crippen molar-refractivity contribution in [1.82, 2.24) is 0 Å². The molecular formula is C20H19ClO2. The molecule has 3 heteroatoms. The maximum Gasteiger partial charge on any atom is 0.146 e. The minimum atomic E-state index is 0.522. The smallest absolute Gasteiger partial charge is 0.146 e. The van der Waals surface area contributed by atoms with E-state index in [1.165, 1.54) is 10.9 Å². The van der Waals surface area contributed by atoms with Gasteiger partial charge in [-0.05, 0) is 46.5 Å². The number of hydrogen-bond donors (Lipinski definition) is 0. The van der Waals surface area contributed by atoms with Gasteiger partial charge in [0.2, 0.25) is 0 Å². The van der Waals surface area contributed by atoms with Gasteiger partial charge in [0.25, 0.3) is 0 Å². The lowest BCUT2D eigenvalue weighted by molar-refractivity contribution is 0.413. The third-order valence-electron chi connectivity index (χ3n) is 3.87. The minimum absolute atomic E-state index is 0.522. The van der Waals surface area contributed by atoms with Crippen molar-refractivity contribution < 1.29 is 9.47 Å². The third-order valence-corrected chi connectivity index (χ3v) is 4.16. The van der Waals surface area contributed by atoms with Crippen molar-refractivity contribution in [3.63, 3.8) is 0 Å². The van der Waals surface area contributed by atoms with E-state index in [1.807, 2.05) is 24.3 Å². The van der Waals surface area contributed by atoms with Crippen LogP contribution in [0.3, 0.4) is 0 Å². The molecule has 118 valence electrons. The third kappa shape index (κ3) is 3.43. The van der Waals surface area contributed by atoms with Crippen molar-refractivity contribution in [2.75, 3.05) is 7.11 Å². The van der Waals surface area contributed by atoms with Crippen molar-refractivity contribution in [1.29, 1.82) is 0 Å². The predicted molar refractivity (Wildman–Crippen MR) is 96.1 cm³/mol. The summed E-state index contributed by atoms with van der Waals surface area (Å²) in [5, 5.41) is 2.89. The van der Waals surface area contributed by atoms with Gasteiger partial charge in [0, 0.05) is 6.07 Å². The van der Waals surface area contributed by atoms with Gasteiger partial charge in [-0.2, -0.15) is 0 Å². The summed E-state index contributed by atoms with van der Waals surface area (Å²) < 4.78 is 11.1. The van der Waals surface area contributed by atoms with E-state index < -0.39 is 0 Å². The highest BCUT2D eigenvalue weighted by atomic mass is 35.5. The van der Waals surface area contributed by atoms with Crippen molar-refractivity contribution in [3.05, 3.63) is 65.2 Å². The molecule has 0 bridgehead atoms. The van der Waals surface area contributed by atoms with Gasteiger partial charge in [0.1, 0.15) is 17.2 Å². The largest absolute Gasteiger partial charge is 0.497 e. The summed E-state index contributed by atoms with van der Waals surface area (Å²) in [6, 6.07) is 18.0. The van der Waals surface area contributed by atoms with Gasteiger partial charge in [-0.25, -0.2) is 0 Å². The first-order valence-corrected chi connectivity index (χ1v) is 8.00. The Bertz CT molecular complexity index is 840. The molecule has 0 aliphatic rings. The van der Waals surface area contributed by atoms with Gasteiger partial charge in [-0.15, -0.1) is 0 Å². The average Bonchev–Trinajstić information content (AvgIpc) is 2.56. The number of methoxy groups -OCH3 is 1. The second kappa shape index (κ2) is 6.51. The Labute approximate surface area is 141 Å². The normalized spacial score (nSPS) is 11.0. The van der Waals surface area contributed by atoms with Crippen LogP contribution in [0.15, 0.2) is 54.6 Å². The summed E-state index contributed by atoms with van der Waals surface area (Å²) in [5.41, 5.74) is 1.34. The van der Waals surface area contributed by atoms with Gasteiger partial charge >= 0.3 is 0 Å². The highest BCUT2D eigenvalue weighted by Crippen LogP contribution is 2.33. The molecule has 0 radical (unpaired) electrons. The molecule has 0 unspecified atom stereocenters. The zero-order chi connectivity index (χ0) is 16.4. The molecule has 0 atom stereocenters. The number of ether oxygens (including phenoxy) is 2. The summed E-state index contributed by atoms with van der Waals surface area (Å²) in [6.07, 6.45) is 0. The molecule has 3 aromatic rings. The summed E-state index contributed by atoms with van der Waals surface area (Å²) in [5.74, 6) is 2.61. The molecule has 0 heterocycles. The monoisotopic (exact) mass is 326 g/mol. The van der Waals surface area contributed by atoms with Crippen LogP contribution in [0, 0.1) is 0 Å². The fourth-order valence-corrected chi connectivity index (χ4v) is 2.69. The summed E-state index contributed by atoms with van der Waals surface area (Å²) in [7, 11) is 1.61. The molecule has 0 fully saturated rings. The van der Waals surface area contributed by atoms with Crippen LogP contribution < -0.4 is 9.47 Å². The highest BCUT2D eigenvalue weighted by Gasteiger charge is 2.07. The van der Waals surface area contributed by atoms with Crippen LogP contribution in [0.1, 0.15) is 25.3 Å². The fourth-order valence-electron chi connectivity index (χ4n) is 2.48. The van der Waals surface area contributed by atoms with E-state index in [1.54, 1.807) is 13.2 Å². The van der Waals surface area contributed by atoms with Crippen LogP contribution in [0.5, 0.6) is 17.2 Å². The average molecular weight is 327 g/mol. The molecule has 0 N–H and O–H groups in total. The van der Waals surface area contributed by atoms with Gasteiger partial charge in [0.05, 0.1) is 12.1 Å². The lowest BCUT2D eigenvalue weighted by atomic mass is 9.99. The van der Waals surface area contributed by atoms with E-state index in [-0.39, 0.29) is 0 Å². The van der Waals surface area contributed by atoms with E-state index in [4.69, 9.17) is 21.1 Å². The molecule has 2 nitrogen and oxygen atoms in total. The zero-order valence-electron chi connectivity index (χ0n) is 13.5. The highest BCUT2D eigenvalue weighted by molar-refractivity contribution is 6.32. The summed E-state index contributed by atoms with van der Waals surface area (Å²) >= 11 is 6.23. The standard InChI is InChI=1S/C20H19ClO2/c1-13(2)14-4-5-16-11-18(7-6-15(16)10-14)23-20-9-8-17(22-3)12-19(20)21/h4-13H,1-3H3. The second-order valence-corrected chi connectivity index (χ2v) is 6.23. The Balaban J connectivity index is 1.90. The first kappa shape index (κ1) is 15.7. The Kier molecular flexibility index (Phi) is 4.44. The summed E-state index contributed by atoms with van der Waals surface area (Å²) in [4.78, 5) is 0. The van der Waals surface area contributed by atoms with Crippen LogP contribution in [0.4, 0.5) is 0 Å². The van der Waals surface area contributed by atoms with Crippen molar-refractivity contribution in [2.45, 2.75) is 19.8 Å². The Morgan fingerprint density at radius 1 is 0.826 bits per heavy atom. The van der Waals surface area contributed by atoms with Gasteiger partial charge in [-0.1, -0.05) is 49.7 Å². The topological polar surface area (TPSA) is 18.5 Å².